The number of hydrogen-bond donors (Lipinski definition) is 1. The van der Waals surface area contributed by atoms with Crippen molar-refractivity contribution in [2.45, 2.75) is 51.7 Å². The summed E-state index contributed by atoms with van der Waals surface area (Å²) in [7, 11) is 1.35. The Morgan fingerprint density at radius 1 is 1.15 bits per heavy atom. The lowest BCUT2D eigenvalue weighted by Gasteiger charge is -2.34. The number of amides is 1. The van der Waals surface area contributed by atoms with Crippen molar-refractivity contribution in [2.24, 2.45) is 0 Å². The smallest absolute Gasteiger partial charge is 0.337 e. The van der Waals surface area contributed by atoms with Crippen molar-refractivity contribution in [3.8, 4) is 0 Å². The van der Waals surface area contributed by atoms with Crippen LogP contribution < -0.4 is 5.32 Å². The van der Waals surface area contributed by atoms with Crippen LogP contribution in [0.5, 0.6) is 0 Å². The Hall–Kier alpha value is -2.90. The van der Waals surface area contributed by atoms with Crippen LogP contribution in [0.25, 0.3) is 11.0 Å². The lowest BCUT2D eigenvalue weighted by Crippen LogP contribution is -2.47. The number of nitrogens with zero attached hydrogens (tertiary/aromatic N) is 3. The first-order valence-corrected chi connectivity index (χ1v) is 12.1. The predicted molar refractivity (Wildman–Crippen MR) is 133 cm³/mol. The first-order chi connectivity index (χ1) is 16.4. The molecule has 0 aliphatic carbocycles. The largest absolute Gasteiger partial charge is 0.465 e. The van der Waals surface area contributed by atoms with E-state index in [2.05, 4.69) is 29.0 Å². The molecule has 7 nitrogen and oxygen atoms in total. The number of carbonyl (C=O) groups excluding carboxylic acids is 2. The van der Waals surface area contributed by atoms with E-state index >= 15 is 0 Å². The molecule has 1 aliphatic rings. The SMILES string of the molecule is COC(=O)c1ccc2nc(C(=O)NC3CCN(C(C)C)CC3)n(CCc3ccc(Cl)cc3)c2c1. The fourth-order valence-electron chi connectivity index (χ4n) is 4.47. The van der Waals surface area contributed by atoms with E-state index < -0.39 is 5.97 Å². The number of halogens is 1. The predicted octanol–water partition coefficient (Wildman–Crippen LogP) is 4.32. The van der Waals surface area contributed by atoms with Gasteiger partial charge in [-0.15, -0.1) is 0 Å². The summed E-state index contributed by atoms with van der Waals surface area (Å²) in [5.41, 5.74) is 2.93. The molecule has 4 rings (SSSR count). The minimum Gasteiger partial charge on any atom is -0.465 e. The number of aryl methyl sites for hydroxylation is 2. The topological polar surface area (TPSA) is 76.5 Å². The fraction of sp³-hybridized carbons (Fsp3) is 0.423. The van der Waals surface area contributed by atoms with Gasteiger partial charge in [0.2, 0.25) is 0 Å². The minimum atomic E-state index is -0.421. The van der Waals surface area contributed by atoms with Gasteiger partial charge in [-0.05, 0) is 69.0 Å². The maximum atomic E-state index is 13.3. The molecule has 0 radical (unpaired) electrons. The molecule has 3 aromatic rings. The van der Waals surface area contributed by atoms with Gasteiger partial charge in [0.05, 0.1) is 23.7 Å². The molecule has 0 spiro atoms. The third-order valence-electron chi connectivity index (χ3n) is 6.50. The van der Waals surface area contributed by atoms with Crippen molar-refractivity contribution in [3.05, 3.63) is 64.4 Å². The second-order valence-electron chi connectivity index (χ2n) is 9.04. The number of aromatic nitrogens is 2. The summed E-state index contributed by atoms with van der Waals surface area (Å²) in [6.45, 7) is 6.88. The van der Waals surface area contributed by atoms with Gasteiger partial charge in [0, 0.05) is 36.7 Å². The number of methoxy groups -OCH3 is 1. The number of rotatable bonds is 7. The molecule has 180 valence electrons. The van der Waals surface area contributed by atoms with Crippen molar-refractivity contribution >= 4 is 34.5 Å². The van der Waals surface area contributed by atoms with E-state index in [1.54, 1.807) is 18.2 Å². The summed E-state index contributed by atoms with van der Waals surface area (Å²) in [6, 6.07) is 13.5. The Bertz CT molecular complexity index is 1160. The number of ether oxygens (including phenoxy) is 1. The summed E-state index contributed by atoms with van der Waals surface area (Å²) in [5.74, 6) is -0.248. The van der Waals surface area contributed by atoms with Crippen molar-refractivity contribution in [2.75, 3.05) is 20.2 Å². The standard InChI is InChI=1S/C26H31ClN4O3/c1-17(2)30-13-11-21(12-14-30)28-25(32)24-29-22-9-6-19(26(33)34-3)16-23(22)31(24)15-10-18-4-7-20(27)8-5-18/h4-9,16-17,21H,10-15H2,1-3H3,(H,28,32). The normalized spacial score (nSPS) is 15.1. The van der Waals surface area contributed by atoms with Crippen molar-refractivity contribution in [1.29, 1.82) is 0 Å². The van der Waals surface area contributed by atoms with Gasteiger partial charge in [-0.1, -0.05) is 23.7 Å². The highest BCUT2D eigenvalue weighted by atomic mass is 35.5. The maximum absolute atomic E-state index is 13.3. The van der Waals surface area contributed by atoms with E-state index in [1.165, 1.54) is 7.11 Å². The molecule has 0 unspecified atom stereocenters. The monoisotopic (exact) mass is 482 g/mol. The lowest BCUT2D eigenvalue weighted by molar-refractivity contribution is 0.0600. The highest BCUT2D eigenvalue weighted by molar-refractivity contribution is 6.30. The molecule has 1 N–H and O–H groups in total. The van der Waals surface area contributed by atoms with E-state index in [-0.39, 0.29) is 11.9 Å². The number of hydrogen-bond acceptors (Lipinski definition) is 5. The highest BCUT2D eigenvalue weighted by Gasteiger charge is 2.25. The zero-order chi connectivity index (χ0) is 24.2. The molecule has 34 heavy (non-hydrogen) atoms. The Morgan fingerprint density at radius 2 is 1.85 bits per heavy atom. The number of carbonyl (C=O) groups is 2. The summed E-state index contributed by atoms with van der Waals surface area (Å²) < 4.78 is 6.78. The molecule has 2 heterocycles. The van der Waals surface area contributed by atoms with Crippen LogP contribution in [-0.2, 0) is 17.7 Å². The van der Waals surface area contributed by atoms with Crippen LogP contribution in [0.15, 0.2) is 42.5 Å². The summed E-state index contributed by atoms with van der Waals surface area (Å²) in [4.78, 5) is 32.5. The number of benzene rings is 2. The Labute approximate surface area is 205 Å². The highest BCUT2D eigenvalue weighted by Crippen LogP contribution is 2.21. The van der Waals surface area contributed by atoms with E-state index in [0.717, 1.165) is 37.0 Å². The zero-order valence-corrected chi connectivity index (χ0v) is 20.6. The first-order valence-electron chi connectivity index (χ1n) is 11.7. The van der Waals surface area contributed by atoms with Crippen LogP contribution in [0.1, 0.15) is 53.2 Å². The van der Waals surface area contributed by atoms with Gasteiger partial charge in [0.25, 0.3) is 5.91 Å². The fourth-order valence-corrected chi connectivity index (χ4v) is 4.60. The van der Waals surface area contributed by atoms with Crippen molar-refractivity contribution < 1.29 is 14.3 Å². The Kier molecular flexibility index (Phi) is 7.54. The summed E-state index contributed by atoms with van der Waals surface area (Å²) in [5, 5.41) is 3.88. The zero-order valence-electron chi connectivity index (χ0n) is 19.9. The van der Waals surface area contributed by atoms with Gasteiger partial charge in [0.15, 0.2) is 5.82 Å². The average molecular weight is 483 g/mol. The molecule has 8 heteroatoms. The quantitative estimate of drug-likeness (QED) is 0.507. The molecule has 2 aromatic carbocycles. The van der Waals surface area contributed by atoms with E-state index in [1.807, 2.05) is 28.8 Å². The van der Waals surface area contributed by atoms with Gasteiger partial charge in [0.1, 0.15) is 0 Å². The Morgan fingerprint density at radius 3 is 2.50 bits per heavy atom. The molecule has 1 aromatic heterocycles. The van der Waals surface area contributed by atoms with Crippen LogP contribution in [0.3, 0.4) is 0 Å². The molecule has 1 saturated heterocycles. The van der Waals surface area contributed by atoms with Crippen LogP contribution >= 0.6 is 11.6 Å². The van der Waals surface area contributed by atoms with E-state index in [9.17, 15) is 9.59 Å². The molecule has 1 aliphatic heterocycles. The number of fused-ring (bicyclic) bond motifs is 1. The number of piperidine rings is 1. The third kappa shape index (κ3) is 5.42. The number of esters is 1. The van der Waals surface area contributed by atoms with Crippen molar-refractivity contribution in [1.82, 2.24) is 19.8 Å². The molecular formula is C26H31ClN4O3. The lowest BCUT2D eigenvalue weighted by atomic mass is 10.0. The minimum absolute atomic E-state index is 0.123. The van der Waals surface area contributed by atoms with Crippen LogP contribution in [0.2, 0.25) is 5.02 Å². The van der Waals surface area contributed by atoms with Crippen LogP contribution in [0.4, 0.5) is 0 Å². The molecular weight excluding hydrogens is 452 g/mol. The molecule has 1 amide bonds. The van der Waals surface area contributed by atoms with Crippen LogP contribution in [0, 0.1) is 0 Å². The summed E-state index contributed by atoms with van der Waals surface area (Å²) >= 11 is 6.02. The maximum Gasteiger partial charge on any atom is 0.337 e. The molecule has 0 saturated carbocycles. The van der Waals surface area contributed by atoms with Crippen molar-refractivity contribution in [3.63, 3.8) is 0 Å². The molecule has 0 atom stereocenters. The number of imidazole rings is 1. The van der Waals surface area contributed by atoms with Crippen LogP contribution in [-0.4, -0.2) is 58.6 Å². The van der Waals surface area contributed by atoms with Gasteiger partial charge in [-0.25, -0.2) is 9.78 Å². The van der Waals surface area contributed by atoms with E-state index in [4.69, 9.17) is 16.3 Å². The third-order valence-corrected chi connectivity index (χ3v) is 6.76. The second kappa shape index (κ2) is 10.6. The average Bonchev–Trinajstić information content (AvgIpc) is 3.21. The van der Waals surface area contributed by atoms with Gasteiger partial charge < -0.3 is 19.5 Å². The van der Waals surface area contributed by atoms with E-state index in [0.29, 0.717) is 40.9 Å². The second-order valence-corrected chi connectivity index (χ2v) is 9.47. The number of nitrogens with one attached hydrogen (secondary N) is 1. The Balaban J connectivity index is 1.60. The van der Waals surface area contributed by atoms with Gasteiger partial charge >= 0.3 is 5.97 Å². The summed E-state index contributed by atoms with van der Waals surface area (Å²) in [6.07, 6.45) is 2.53. The molecule has 0 bridgehead atoms. The number of likely N-dealkylation sites (tertiary alicyclic amines) is 1. The molecule has 1 fully saturated rings. The first kappa shape index (κ1) is 24.2. The van der Waals surface area contributed by atoms with Gasteiger partial charge in [-0.2, -0.15) is 0 Å². The van der Waals surface area contributed by atoms with Gasteiger partial charge in [-0.3, -0.25) is 4.79 Å².